The lowest BCUT2D eigenvalue weighted by atomic mass is 10.2. The predicted octanol–water partition coefficient (Wildman–Crippen LogP) is 3.57. The van der Waals surface area contributed by atoms with E-state index in [1.807, 2.05) is 13.8 Å². The van der Waals surface area contributed by atoms with E-state index in [4.69, 9.17) is 4.42 Å². The van der Waals surface area contributed by atoms with Crippen LogP contribution in [-0.4, -0.2) is 26.7 Å². The number of benzene rings is 1. The molecule has 0 saturated heterocycles. The highest BCUT2D eigenvalue weighted by molar-refractivity contribution is 5.94. The van der Waals surface area contributed by atoms with Gasteiger partial charge in [0, 0.05) is 24.2 Å². The number of carbonyl (C=O) groups excluding carboxylic acids is 1. The van der Waals surface area contributed by atoms with E-state index in [9.17, 15) is 14.9 Å². The molecule has 2 heterocycles. The SMILES string of the molecule is CCC(C)NC(=O)c1cc(-c2ccco2)nn1-c1cccc([N+](=O)[O-])c1. The summed E-state index contributed by atoms with van der Waals surface area (Å²) in [5.74, 6) is 0.197. The van der Waals surface area contributed by atoms with Crippen LogP contribution in [0.1, 0.15) is 30.8 Å². The van der Waals surface area contributed by atoms with Crippen molar-refractivity contribution >= 4 is 11.6 Å². The Morgan fingerprint density at radius 2 is 2.15 bits per heavy atom. The Bertz CT molecular complexity index is 931. The molecule has 26 heavy (non-hydrogen) atoms. The second-order valence-corrected chi connectivity index (χ2v) is 5.86. The predicted molar refractivity (Wildman–Crippen MR) is 95.1 cm³/mol. The van der Waals surface area contributed by atoms with Crippen LogP contribution in [0.15, 0.2) is 53.1 Å². The van der Waals surface area contributed by atoms with Crippen LogP contribution in [-0.2, 0) is 0 Å². The summed E-state index contributed by atoms with van der Waals surface area (Å²) in [7, 11) is 0. The van der Waals surface area contributed by atoms with Gasteiger partial charge in [0.2, 0.25) is 0 Å². The Balaban J connectivity index is 2.09. The molecule has 2 aromatic heterocycles. The second kappa shape index (κ2) is 7.22. The zero-order valence-corrected chi connectivity index (χ0v) is 14.4. The molecule has 0 fully saturated rings. The molecule has 0 aliphatic carbocycles. The average molecular weight is 354 g/mol. The van der Waals surface area contributed by atoms with Crippen molar-refractivity contribution in [3.63, 3.8) is 0 Å². The minimum absolute atomic E-state index is 0.0111. The van der Waals surface area contributed by atoms with Gasteiger partial charge < -0.3 is 9.73 Å². The van der Waals surface area contributed by atoms with Crippen molar-refractivity contribution in [2.24, 2.45) is 0 Å². The highest BCUT2D eigenvalue weighted by Crippen LogP contribution is 2.24. The van der Waals surface area contributed by atoms with Crippen LogP contribution >= 0.6 is 0 Å². The lowest BCUT2D eigenvalue weighted by molar-refractivity contribution is -0.384. The first-order valence-electron chi connectivity index (χ1n) is 8.19. The maximum absolute atomic E-state index is 12.7. The third-order valence-corrected chi connectivity index (χ3v) is 3.99. The summed E-state index contributed by atoms with van der Waals surface area (Å²) >= 11 is 0. The zero-order valence-electron chi connectivity index (χ0n) is 14.4. The molecule has 0 spiro atoms. The largest absolute Gasteiger partial charge is 0.463 e. The third kappa shape index (κ3) is 3.49. The molecule has 1 atom stereocenters. The fourth-order valence-corrected chi connectivity index (χ4v) is 2.42. The fraction of sp³-hybridized carbons (Fsp3) is 0.222. The Kier molecular flexibility index (Phi) is 4.83. The number of carbonyl (C=O) groups is 1. The van der Waals surface area contributed by atoms with Gasteiger partial charge in [0.05, 0.1) is 16.9 Å². The Morgan fingerprint density at radius 3 is 2.81 bits per heavy atom. The normalized spacial score (nSPS) is 11.9. The van der Waals surface area contributed by atoms with Crippen LogP contribution in [0, 0.1) is 10.1 Å². The molecule has 0 saturated carbocycles. The monoisotopic (exact) mass is 354 g/mol. The molecule has 134 valence electrons. The maximum atomic E-state index is 12.7. The minimum Gasteiger partial charge on any atom is -0.463 e. The molecule has 8 nitrogen and oxygen atoms in total. The molecular weight excluding hydrogens is 336 g/mol. The molecular formula is C18H18N4O4. The summed E-state index contributed by atoms with van der Waals surface area (Å²) in [6.45, 7) is 3.87. The van der Waals surface area contributed by atoms with Crippen molar-refractivity contribution < 1.29 is 14.1 Å². The van der Waals surface area contributed by atoms with Gasteiger partial charge >= 0.3 is 0 Å². The van der Waals surface area contributed by atoms with Crippen molar-refractivity contribution in [1.29, 1.82) is 0 Å². The van der Waals surface area contributed by atoms with Gasteiger partial charge in [-0.1, -0.05) is 13.0 Å². The number of aromatic nitrogens is 2. The molecule has 0 aliphatic heterocycles. The molecule has 0 radical (unpaired) electrons. The molecule has 1 N–H and O–H groups in total. The summed E-state index contributed by atoms with van der Waals surface area (Å²) in [5, 5.41) is 18.4. The zero-order chi connectivity index (χ0) is 18.7. The van der Waals surface area contributed by atoms with Gasteiger partial charge in [-0.05, 0) is 31.5 Å². The number of nitrogens with zero attached hydrogens (tertiary/aromatic N) is 3. The number of hydrogen-bond donors (Lipinski definition) is 1. The second-order valence-electron chi connectivity index (χ2n) is 5.86. The van der Waals surface area contributed by atoms with E-state index in [2.05, 4.69) is 10.4 Å². The Hall–Kier alpha value is -3.42. The molecule has 8 heteroatoms. The molecule has 1 aromatic carbocycles. The minimum atomic E-state index is -0.487. The maximum Gasteiger partial charge on any atom is 0.271 e. The van der Waals surface area contributed by atoms with E-state index in [0.717, 1.165) is 6.42 Å². The van der Waals surface area contributed by atoms with Crippen molar-refractivity contribution in [2.75, 3.05) is 0 Å². The molecule has 1 amide bonds. The van der Waals surface area contributed by atoms with Gasteiger partial charge in [-0.3, -0.25) is 14.9 Å². The Morgan fingerprint density at radius 1 is 1.35 bits per heavy atom. The number of nitrogens with one attached hydrogen (secondary N) is 1. The van der Waals surface area contributed by atoms with Crippen LogP contribution in [0.5, 0.6) is 0 Å². The van der Waals surface area contributed by atoms with Crippen LogP contribution in [0.4, 0.5) is 5.69 Å². The van der Waals surface area contributed by atoms with Gasteiger partial charge in [0.1, 0.15) is 11.4 Å². The number of hydrogen-bond acceptors (Lipinski definition) is 5. The lowest BCUT2D eigenvalue weighted by Crippen LogP contribution is -2.33. The standard InChI is InChI=1S/C18H18N4O4/c1-3-12(2)19-18(23)16-11-15(17-8-5-9-26-17)20-21(16)13-6-4-7-14(10-13)22(24)25/h4-12H,3H2,1-2H3,(H,19,23). The highest BCUT2D eigenvalue weighted by atomic mass is 16.6. The third-order valence-electron chi connectivity index (χ3n) is 3.99. The smallest absolute Gasteiger partial charge is 0.271 e. The van der Waals surface area contributed by atoms with Crippen LogP contribution < -0.4 is 5.32 Å². The first kappa shape index (κ1) is 17.4. The van der Waals surface area contributed by atoms with Crippen molar-refractivity contribution in [3.05, 3.63) is 64.5 Å². The number of non-ortho nitro benzene ring substituents is 1. The number of furan rings is 1. The van der Waals surface area contributed by atoms with Gasteiger partial charge in [0.15, 0.2) is 5.76 Å². The van der Waals surface area contributed by atoms with E-state index in [1.54, 1.807) is 30.3 Å². The lowest BCUT2D eigenvalue weighted by Gasteiger charge is -2.12. The molecule has 3 rings (SSSR count). The van der Waals surface area contributed by atoms with E-state index < -0.39 is 4.92 Å². The van der Waals surface area contributed by atoms with Gasteiger partial charge in [-0.15, -0.1) is 0 Å². The van der Waals surface area contributed by atoms with Crippen LogP contribution in [0.3, 0.4) is 0 Å². The summed E-state index contributed by atoms with van der Waals surface area (Å²) in [4.78, 5) is 23.2. The van der Waals surface area contributed by atoms with Crippen LogP contribution in [0.25, 0.3) is 17.1 Å². The fourth-order valence-electron chi connectivity index (χ4n) is 2.42. The molecule has 3 aromatic rings. The number of rotatable bonds is 6. The quantitative estimate of drug-likeness (QED) is 0.538. The van der Waals surface area contributed by atoms with Gasteiger partial charge in [-0.2, -0.15) is 5.10 Å². The van der Waals surface area contributed by atoms with E-state index in [-0.39, 0.29) is 23.3 Å². The number of amides is 1. The first-order chi connectivity index (χ1) is 12.5. The van der Waals surface area contributed by atoms with E-state index >= 15 is 0 Å². The van der Waals surface area contributed by atoms with Gasteiger partial charge in [-0.25, -0.2) is 4.68 Å². The number of nitro benzene ring substituents is 1. The molecule has 0 aliphatic rings. The molecule has 0 bridgehead atoms. The summed E-state index contributed by atoms with van der Waals surface area (Å²) < 4.78 is 6.74. The Labute approximate surface area is 149 Å². The number of nitro groups is 1. The van der Waals surface area contributed by atoms with Gasteiger partial charge in [0.25, 0.3) is 11.6 Å². The molecule has 1 unspecified atom stereocenters. The summed E-state index contributed by atoms with van der Waals surface area (Å²) in [6, 6.07) is 11.0. The first-order valence-corrected chi connectivity index (χ1v) is 8.19. The highest BCUT2D eigenvalue weighted by Gasteiger charge is 2.20. The van der Waals surface area contributed by atoms with Crippen molar-refractivity contribution in [1.82, 2.24) is 15.1 Å². The van der Waals surface area contributed by atoms with E-state index in [1.165, 1.54) is 23.1 Å². The summed E-state index contributed by atoms with van der Waals surface area (Å²) in [6.07, 6.45) is 2.29. The van der Waals surface area contributed by atoms with E-state index in [0.29, 0.717) is 17.1 Å². The topological polar surface area (TPSA) is 103 Å². The van der Waals surface area contributed by atoms with Crippen molar-refractivity contribution in [3.8, 4) is 17.1 Å². The van der Waals surface area contributed by atoms with Crippen LogP contribution in [0.2, 0.25) is 0 Å². The van der Waals surface area contributed by atoms with Crippen molar-refractivity contribution in [2.45, 2.75) is 26.3 Å². The summed E-state index contributed by atoms with van der Waals surface area (Å²) in [5.41, 5.74) is 1.09. The average Bonchev–Trinajstić information content (AvgIpc) is 3.31.